The SMILES string of the molecule is N#CCCCCCCCCCl. The second kappa shape index (κ2) is 9.78. The van der Waals surface area contributed by atoms with Crippen LogP contribution in [-0.2, 0) is 0 Å². The van der Waals surface area contributed by atoms with Crippen molar-refractivity contribution in [2.24, 2.45) is 0 Å². The van der Waals surface area contributed by atoms with E-state index in [1.165, 1.54) is 25.7 Å². The molecule has 0 aromatic rings. The van der Waals surface area contributed by atoms with Gasteiger partial charge in [0, 0.05) is 12.3 Å². The highest BCUT2D eigenvalue weighted by Crippen LogP contribution is 2.06. The Bertz CT molecular complexity index is 107. The van der Waals surface area contributed by atoms with Gasteiger partial charge in [0.1, 0.15) is 0 Å². The van der Waals surface area contributed by atoms with Crippen molar-refractivity contribution in [3.63, 3.8) is 0 Å². The van der Waals surface area contributed by atoms with Gasteiger partial charge in [-0.1, -0.05) is 25.7 Å². The molecule has 0 spiro atoms. The first-order chi connectivity index (χ1) is 5.41. The van der Waals surface area contributed by atoms with Gasteiger partial charge in [0.25, 0.3) is 0 Å². The number of rotatable bonds is 7. The van der Waals surface area contributed by atoms with E-state index in [9.17, 15) is 0 Å². The number of alkyl halides is 1. The molecule has 0 aromatic heterocycles. The maximum Gasteiger partial charge on any atom is 0.0621 e. The highest BCUT2D eigenvalue weighted by atomic mass is 35.5. The molecule has 0 aromatic carbocycles. The van der Waals surface area contributed by atoms with Crippen molar-refractivity contribution in [3.8, 4) is 6.07 Å². The lowest BCUT2D eigenvalue weighted by Crippen LogP contribution is -1.80. The van der Waals surface area contributed by atoms with Gasteiger partial charge < -0.3 is 0 Å². The summed E-state index contributed by atoms with van der Waals surface area (Å²) in [6, 6.07) is 2.15. The largest absolute Gasteiger partial charge is 0.198 e. The van der Waals surface area contributed by atoms with E-state index in [0.29, 0.717) is 0 Å². The summed E-state index contributed by atoms with van der Waals surface area (Å²) in [7, 11) is 0. The molecular formula is C9H16ClN. The molecule has 0 N–H and O–H groups in total. The normalized spacial score (nSPS) is 9.45. The lowest BCUT2D eigenvalue weighted by Gasteiger charge is -1.96. The summed E-state index contributed by atoms with van der Waals surface area (Å²) in [5.41, 5.74) is 0. The lowest BCUT2D eigenvalue weighted by molar-refractivity contribution is 0.614. The predicted molar refractivity (Wildman–Crippen MR) is 48.7 cm³/mol. The average Bonchev–Trinajstić information content (AvgIpc) is 2.03. The topological polar surface area (TPSA) is 23.8 Å². The molecular weight excluding hydrogens is 158 g/mol. The van der Waals surface area contributed by atoms with E-state index in [2.05, 4.69) is 6.07 Å². The number of hydrogen-bond acceptors (Lipinski definition) is 1. The minimum atomic E-state index is 0.718. The van der Waals surface area contributed by atoms with Crippen molar-refractivity contribution in [3.05, 3.63) is 0 Å². The Balaban J connectivity index is 2.75. The van der Waals surface area contributed by atoms with Crippen LogP contribution in [-0.4, -0.2) is 5.88 Å². The third-order valence-corrected chi connectivity index (χ3v) is 1.94. The van der Waals surface area contributed by atoms with Crippen LogP contribution in [0.15, 0.2) is 0 Å². The van der Waals surface area contributed by atoms with Crippen LogP contribution >= 0.6 is 11.6 Å². The van der Waals surface area contributed by atoms with E-state index < -0.39 is 0 Å². The molecule has 0 aliphatic heterocycles. The molecule has 0 saturated carbocycles. The molecule has 1 nitrogen and oxygen atoms in total. The van der Waals surface area contributed by atoms with Crippen LogP contribution in [0.25, 0.3) is 0 Å². The van der Waals surface area contributed by atoms with Gasteiger partial charge in [-0.05, 0) is 12.8 Å². The minimum absolute atomic E-state index is 0.718. The van der Waals surface area contributed by atoms with Crippen LogP contribution < -0.4 is 0 Å². The fourth-order valence-corrected chi connectivity index (χ4v) is 1.19. The molecule has 0 amide bonds. The van der Waals surface area contributed by atoms with Crippen molar-refractivity contribution in [1.82, 2.24) is 0 Å². The monoisotopic (exact) mass is 173 g/mol. The fourth-order valence-electron chi connectivity index (χ4n) is 1.01. The molecule has 0 bridgehead atoms. The third-order valence-electron chi connectivity index (χ3n) is 1.67. The molecule has 0 heterocycles. The van der Waals surface area contributed by atoms with E-state index >= 15 is 0 Å². The molecule has 0 unspecified atom stereocenters. The van der Waals surface area contributed by atoms with E-state index in [4.69, 9.17) is 16.9 Å². The number of nitrogens with zero attached hydrogens (tertiary/aromatic N) is 1. The van der Waals surface area contributed by atoms with Gasteiger partial charge in [0.05, 0.1) is 6.07 Å². The number of hydrogen-bond donors (Lipinski definition) is 0. The Kier molecular flexibility index (Phi) is 9.58. The van der Waals surface area contributed by atoms with Crippen molar-refractivity contribution in [2.45, 2.75) is 44.9 Å². The van der Waals surface area contributed by atoms with Crippen molar-refractivity contribution < 1.29 is 0 Å². The molecule has 0 radical (unpaired) electrons. The second-order valence-electron chi connectivity index (χ2n) is 2.72. The number of nitriles is 1. The Morgan fingerprint density at radius 2 is 1.45 bits per heavy atom. The van der Waals surface area contributed by atoms with Crippen LogP contribution in [0.4, 0.5) is 0 Å². The summed E-state index contributed by atoms with van der Waals surface area (Å²) in [5, 5.41) is 8.24. The van der Waals surface area contributed by atoms with Gasteiger partial charge in [-0.2, -0.15) is 5.26 Å². The summed E-state index contributed by atoms with van der Waals surface area (Å²) in [6.07, 6.45) is 7.91. The minimum Gasteiger partial charge on any atom is -0.198 e. The Morgan fingerprint density at radius 3 is 2.00 bits per heavy atom. The van der Waals surface area contributed by atoms with Crippen LogP contribution in [0.1, 0.15) is 44.9 Å². The molecule has 11 heavy (non-hydrogen) atoms. The average molecular weight is 174 g/mol. The highest BCUT2D eigenvalue weighted by Gasteiger charge is 1.89. The van der Waals surface area contributed by atoms with Crippen LogP contribution in [0.2, 0.25) is 0 Å². The van der Waals surface area contributed by atoms with Crippen molar-refractivity contribution in [2.75, 3.05) is 5.88 Å². The first-order valence-electron chi connectivity index (χ1n) is 4.34. The van der Waals surface area contributed by atoms with Crippen molar-refractivity contribution >= 4 is 11.6 Å². The smallest absolute Gasteiger partial charge is 0.0621 e. The summed E-state index contributed by atoms with van der Waals surface area (Å²) in [4.78, 5) is 0. The summed E-state index contributed by atoms with van der Waals surface area (Å²) in [6.45, 7) is 0. The fraction of sp³-hybridized carbons (Fsp3) is 0.889. The molecule has 2 heteroatoms. The molecule has 64 valence electrons. The summed E-state index contributed by atoms with van der Waals surface area (Å²) < 4.78 is 0. The van der Waals surface area contributed by atoms with Gasteiger partial charge in [-0.3, -0.25) is 0 Å². The molecule has 0 aliphatic carbocycles. The van der Waals surface area contributed by atoms with E-state index in [-0.39, 0.29) is 0 Å². The molecule has 0 atom stereocenters. The van der Waals surface area contributed by atoms with Crippen LogP contribution in [0.3, 0.4) is 0 Å². The highest BCUT2D eigenvalue weighted by molar-refractivity contribution is 6.17. The van der Waals surface area contributed by atoms with Gasteiger partial charge in [-0.25, -0.2) is 0 Å². The van der Waals surface area contributed by atoms with Crippen molar-refractivity contribution in [1.29, 1.82) is 5.26 Å². The number of unbranched alkanes of at least 4 members (excludes halogenated alkanes) is 6. The zero-order chi connectivity index (χ0) is 8.36. The molecule has 0 aliphatic rings. The Morgan fingerprint density at radius 1 is 0.909 bits per heavy atom. The molecule has 0 rings (SSSR count). The van der Waals surface area contributed by atoms with Gasteiger partial charge in [-0.15, -0.1) is 11.6 Å². The third kappa shape index (κ3) is 9.78. The van der Waals surface area contributed by atoms with Crippen LogP contribution in [0, 0.1) is 11.3 Å². The van der Waals surface area contributed by atoms with E-state index in [1.54, 1.807) is 0 Å². The first-order valence-corrected chi connectivity index (χ1v) is 4.88. The van der Waals surface area contributed by atoms with E-state index in [0.717, 1.165) is 25.1 Å². The molecule has 0 saturated heterocycles. The van der Waals surface area contributed by atoms with Gasteiger partial charge in [0.2, 0.25) is 0 Å². The second-order valence-corrected chi connectivity index (χ2v) is 3.10. The lowest BCUT2D eigenvalue weighted by atomic mass is 10.1. The summed E-state index contributed by atoms with van der Waals surface area (Å²) >= 11 is 5.52. The summed E-state index contributed by atoms with van der Waals surface area (Å²) in [5.74, 6) is 0.790. The predicted octanol–water partition coefficient (Wildman–Crippen LogP) is 3.48. The number of halogens is 1. The maximum atomic E-state index is 8.24. The zero-order valence-electron chi connectivity index (χ0n) is 6.98. The molecule has 0 fully saturated rings. The standard InChI is InChI=1S/C9H16ClN/c10-8-6-4-2-1-3-5-7-9-11/h1-8H2. The quantitative estimate of drug-likeness (QED) is 0.427. The maximum absolute atomic E-state index is 8.24. The van der Waals surface area contributed by atoms with Gasteiger partial charge in [0.15, 0.2) is 0 Å². The van der Waals surface area contributed by atoms with Gasteiger partial charge >= 0.3 is 0 Å². The van der Waals surface area contributed by atoms with Crippen LogP contribution in [0.5, 0.6) is 0 Å². The van der Waals surface area contributed by atoms with E-state index in [1.807, 2.05) is 0 Å². The Labute approximate surface area is 74.4 Å². The zero-order valence-corrected chi connectivity index (χ0v) is 7.74. The first kappa shape index (κ1) is 10.8. The Hall–Kier alpha value is -0.220.